The van der Waals surface area contributed by atoms with Crippen molar-refractivity contribution in [2.24, 2.45) is 0 Å². The van der Waals surface area contributed by atoms with Gasteiger partial charge in [0.05, 0.1) is 6.10 Å². The number of pyridine rings is 1. The fourth-order valence-corrected chi connectivity index (χ4v) is 1.55. The number of rotatable bonds is 4. The molecule has 0 aromatic carbocycles. The first-order valence-electron chi connectivity index (χ1n) is 5.99. The molecule has 4 nitrogen and oxygen atoms in total. The Hall–Kier alpha value is -1.58. The highest BCUT2D eigenvalue weighted by Crippen LogP contribution is 2.29. The summed E-state index contributed by atoms with van der Waals surface area (Å²) >= 11 is 0. The van der Waals surface area contributed by atoms with Gasteiger partial charge in [-0.25, -0.2) is 0 Å². The van der Waals surface area contributed by atoms with E-state index in [0.717, 1.165) is 30.6 Å². The summed E-state index contributed by atoms with van der Waals surface area (Å²) in [6.45, 7) is 2.06. The summed E-state index contributed by atoms with van der Waals surface area (Å²) in [5.41, 5.74) is 1.51. The normalized spacial score (nSPS) is 14.5. The Morgan fingerprint density at radius 2 is 2.24 bits per heavy atom. The lowest BCUT2D eigenvalue weighted by atomic mass is 10.2. The van der Waals surface area contributed by atoms with Crippen LogP contribution in [0.3, 0.4) is 0 Å². The molecule has 17 heavy (non-hydrogen) atoms. The highest BCUT2D eigenvalue weighted by atomic mass is 16.5. The van der Waals surface area contributed by atoms with E-state index in [1.165, 1.54) is 4.90 Å². The molecule has 1 fully saturated rings. The Balaban J connectivity index is 2.26. The van der Waals surface area contributed by atoms with Crippen LogP contribution in [0.25, 0.3) is 0 Å². The minimum atomic E-state index is -0.0895. The Bertz CT molecular complexity index is 425. The van der Waals surface area contributed by atoms with Crippen molar-refractivity contribution in [1.82, 2.24) is 9.88 Å². The molecule has 0 saturated heterocycles. The summed E-state index contributed by atoms with van der Waals surface area (Å²) in [6, 6.07) is 1.76. The van der Waals surface area contributed by atoms with Gasteiger partial charge in [-0.2, -0.15) is 0 Å². The first-order valence-corrected chi connectivity index (χ1v) is 5.99. The zero-order chi connectivity index (χ0) is 12.4. The Morgan fingerprint density at radius 1 is 1.53 bits per heavy atom. The Labute approximate surface area is 102 Å². The summed E-state index contributed by atoms with van der Waals surface area (Å²) < 4.78 is 5.81. The number of carbonyl (C=O) groups excluding carboxylic acids is 1. The average Bonchev–Trinajstić information content (AvgIpc) is 3.11. The number of aryl methyl sites for hydroxylation is 1. The molecule has 0 spiro atoms. The number of aromatic nitrogens is 1. The van der Waals surface area contributed by atoms with Crippen LogP contribution in [0.2, 0.25) is 0 Å². The van der Waals surface area contributed by atoms with E-state index in [-0.39, 0.29) is 5.91 Å². The maximum atomic E-state index is 11.8. The molecule has 1 heterocycles. The van der Waals surface area contributed by atoms with Gasteiger partial charge < -0.3 is 9.64 Å². The molecule has 0 unspecified atom stereocenters. The molecular formula is C13H18N2O2. The number of ether oxygens (including phenoxy) is 1. The van der Waals surface area contributed by atoms with E-state index in [0.29, 0.717) is 11.8 Å². The topological polar surface area (TPSA) is 42.4 Å². The zero-order valence-electron chi connectivity index (χ0n) is 10.6. The third-order valence-electron chi connectivity index (χ3n) is 2.77. The predicted octanol–water partition coefficient (Wildman–Crippen LogP) is 1.89. The molecule has 2 rings (SSSR count). The molecule has 92 valence electrons. The molecule has 0 aliphatic heterocycles. The summed E-state index contributed by atoms with van der Waals surface area (Å²) in [7, 11) is 3.44. The molecule has 4 heteroatoms. The summed E-state index contributed by atoms with van der Waals surface area (Å²) in [6.07, 6.45) is 5.18. The standard InChI is InChI=1S/C13H18N2O2/c1-4-9-8-14-11(13(16)15(2)3)7-12(9)17-10-5-6-10/h7-8,10H,4-6H2,1-3H3. The lowest BCUT2D eigenvalue weighted by molar-refractivity contribution is 0.0821. The molecule has 1 aliphatic carbocycles. The van der Waals surface area contributed by atoms with Crippen LogP contribution in [0.4, 0.5) is 0 Å². The van der Waals surface area contributed by atoms with Crippen molar-refractivity contribution in [3.8, 4) is 5.75 Å². The van der Waals surface area contributed by atoms with Crippen molar-refractivity contribution in [3.63, 3.8) is 0 Å². The SMILES string of the molecule is CCc1cnc(C(=O)N(C)C)cc1OC1CC1. The van der Waals surface area contributed by atoms with E-state index in [1.54, 1.807) is 26.4 Å². The van der Waals surface area contributed by atoms with Crippen molar-refractivity contribution in [2.75, 3.05) is 14.1 Å². The molecule has 1 aromatic rings. The van der Waals surface area contributed by atoms with Crippen LogP contribution in [0, 0.1) is 0 Å². The third kappa shape index (κ3) is 2.75. The molecule has 1 amide bonds. The van der Waals surface area contributed by atoms with Crippen molar-refractivity contribution in [3.05, 3.63) is 23.5 Å². The third-order valence-corrected chi connectivity index (χ3v) is 2.77. The largest absolute Gasteiger partial charge is 0.490 e. The summed E-state index contributed by atoms with van der Waals surface area (Å²) in [5, 5.41) is 0. The highest BCUT2D eigenvalue weighted by Gasteiger charge is 2.25. The minimum absolute atomic E-state index is 0.0895. The molecule has 0 bridgehead atoms. The van der Waals surface area contributed by atoms with Gasteiger partial charge in [0.15, 0.2) is 0 Å². The molecule has 1 aliphatic rings. The Morgan fingerprint density at radius 3 is 2.76 bits per heavy atom. The van der Waals surface area contributed by atoms with Crippen molar-refractivity contribution in [1.29, 1.82) is 0 Å². The fraction of sp³-hybridized carbons (Fsp3) is 0.538. The van der Waals surface area contributed by atoms with Gasteiger partial charge in [-0.05, 0) is 19.3 Å². The summed E-state index contributed by atoms with van der Waals surface area (Å²) in [4.78, 5) is 17.5. The molecule has 0 N–H and O–H groups in total. The van der Waals surface area contributed by atoms with Gasteiger partial charge in [-0.1, -0.05) is 6.92 Å². The average molecular weight is 234 g/mol. The van der Waals surface area contributed by atoms with Gasteiger partial charge in [0.1, 0.15) is 11.4 Å². The van der Waals surface area contributed by atoms with Crippen molar-refractivity contribution < 1.29 is 9.53 Å². The molecule has 1 saturated carbocycles. The summed E-state index contributed by atoms with van der Waals surface area (Å²) in [5.74, 6) is 0.725. The second-order valence-electron chi connectivity index (χ2n) is 4.55. The van der Waals surface area contributed by atoms with Crippen LogP contribution in [-0.2, 0) is 6.42 Å². The highest BCUT2D eigenvalue weighted by molar-refractivity contribution is 5.92. The lowest BCUT2D eigenvalue weighted by Crippen LogP contribution is -2.23. The van der Waals surface area contributed by atoms with Gasteiger partial charge in [0, 0.05) is 31.9 Å². The van der Waals surface area contributed by atoms with Crippen LogP contribution in [0.15, 0.2) is 12.3 Å². The van der Waals surface area contributed by atoms with E-state index in [1.807, 2.05) is 0 Å². The second-order valence-corrected chi connectivity index (χ2v) is 4.55. The van der Waals surface area contributed by atoms with Crippen LogP contribution < -0.4 is 4.74 Å². The zero-order valence-corrected chi connectivity index (χ0v) is 10.6. The number of hydrogen-bond acceptors (Lipinski definition) is 3. The maximum absolute atomic E-state index is 11.8. The van der Waals surface area contributed by atoms with Crippen LogP contribution in [0.1, 0.15) is 35.8 Å². The van der Waals surface area contributed by atoms with E-state index >= 15 is 0 Å². The lowest BCUT2D eigenvalue weighted by Gasteiger charge is -2.13. The maximum Gasteiger partial charge on any atom is 0.272 e. The number of amides is 1. The van der Waals surface area contributed by atoms with Gasteiger partial charge in [0.25, 0.3) is 5.91 Å². The molecular weight excluding hydrogens is 216 g/mol. The number of nitrogens with zero attached hydrogens (tertiary/aromatic N) is 2. The van der Waals surface area contributed by atoms with Crippen molar-refractivity contribution >= 4 is 5.91 Å². The van der Waals surface area contributed by atoms with Gasteiger partial charge >= 0.3 is 0 Å². The number of hydrogen-bond donors (Lipinski definition) is 0. The predicted molar refractivity (Wildman–Crippen MR) is 65.3 cm³/mol. The smallest absolute Gasteiger partial charge is 0.272 e. The van der Waals surface area contributed by atoms with E-state index in [4.69, 9.17) is 4.74 Å². The molecule has 0 radical (unpaired) electrons. The molecule has 1 aromatic heterocycles. The van der Waals surface area contributed by atoms with E-state index in [2.05, 4.69) is 11.9 Å². The van der Waals surface area contributed by atoms with Crippen LogP contribution in [0.5, 0.6) is 5.75 Å². The van der Waals surface area contributed by atoms with Gasteiger partial charge in [0.2, 0.25) is 0 Å². The Kier molecular flexibility index (Phi) is 3.31. The van der Waals surface area contributed by atoms with Crippen molar-refractivity contribution in [2.45, 2.75) is 32.3 Å². The first kappa shape index (κ1) is 11.9. The molecule has 0 atom stereocenters. The second kappa shape index (κ2) is 4.73. The number of carbonyl (C=O) groups is 1. The fourth-order valence-electron chi connectivity index (χ4n) is 1.55. The first-order chi connectivity index (χ1) is 8.11. The van der Waals surface area contributed by atoms with E-state index in [9.17, 15) is 4.79 Å². The van der Waals surface area contributed by atoms with Gasteiger partial charge in [-0.3, -0.25) is 9.78 Å². The van der Waals surface area contributed by atoms with E-state index < -0.39 is 0 Å². The van der Waals surface area contributed by atoms with Crippen LogP contribution in [-0.4, -0.2) is 36.0 Å². The minimum Gasteiger partial charge on any atom is -0.490 e. The van der Waals surface area contributed by atoms with Gasteiger partial charge in [-0.15, -0.1) is 0 Å². The quantitative estimate of drug-likeness (QED) is 0.799. The van der Waals surface area contributed by atoms with Crippen LogP contribution >= 0.6 is 0 Å². The monoisotopic (exact) mass is 234 g/mol.